The molecule has 0 aliphatic heterocycles. The largest absolute Gasteiger partial charge is 0.0625 e. The van der Waals surface area contributed by atoms with Crippen LogP contribution in [0.1, 0.15) is 65.2 Å². The van der Waals surface area contributed by atoms with Gasteiger partial charge in [0.1, 0.15) is 0 Å². The van der Waals surface area contributed by atoms with E-state index in [1.54, 1.807) is 25.7 Å². The van der Waals surface area contributed by atoms with Gasteiger partial charge in [-0.3, -0.25) is 0 Å². The summed E-state index contributed by atoms with van der Waals surface area (Å²) in [5.41, 5.74) is 0. The third-order valence-corrected chi connectivity index (χ3v) is 4.70. The van der Waals surface area contributed by atoms with Crippen LogP contribution in [-0.2, 0) is 0 Å². The molecule has 2 aliphatic rings. The topological polar surface area (TPSA) is 0 Å². The van der Waals surface area contributed by atoms with E-state index in [1.807, 2.05) is 0 Å². The quantitative estimate of drug-likeness (QED) is 0.570. The zero-order valence-electron chi connectivity index (χ0n) is 9.97. The Morgan fingerprint density at radius 1 is 0.643 bits per heavy atom. The fourth-order valence-electron chi connectivity index (χ4n) is 3.67. The van der Waals surface area contributed by atoms with Gasteiger partial charge >= 0.3 is 0 Å². The van der Waals surface area contributed by atoms with Crippen molar-refractivity contribution in [2.75, 3.05) is 0 Å². The molecular weight excluding hydrogens is 168 g/mol. The second-order valence-corrected chi connectivity index (χ2v) is 6.05. The molecule has 0 aromatic carbocycles. The third-order valence-electron chi connectivity index (χ3n) is 4.70. The van der Waals surface area contributed by atoms with Gasteiger partial charge in [-0.05, 0) is 42.9 Å². The van der Waals surface area contributed by atoms with Crippen LogP contribution in [0.25, 0.3) is 0 Å². The van der Waals surface area contributed by atoms with Crippen molar-refractivity contribution in [2.45, 2.75) is 65.2 Å². The minimum Gasteiger partial charge on any atom is -0.0625 e. The van der Waals surface area contributed by atoms with E-state index in [1.165, 1.54) is 25.7 Å². The van der Waals surface area contributed by atoms with Crippen molar-refractivity contribution in [3.05, 3.63) is 0 Å². The van der Waals surface area contributed by atoms with Gasteiger partial charge in [-0.15, -0.1) is 0 Å². The zero-order chi connectivity index (χ0) is 9.97. The van der Waals surface area contributed by atoms with E-state index in [0.29, 0.717) is 0 Å². The lowest BCUT2D eigenvalue weighted by Gasteiger charge is -2.37. The Bertz CT molecular complexity index is 165. The van der Waals surface area contributed by atoms with Crippen LogP contribution in [0.5, 0.6) is 0 Å². The highest BCUT2D eigenvalue weighted by atomic mass is 14.3. The Kier molecular flexibility index (Phi) is 3.52. The SMILES string of the molecule is CC1CCC(C2CCCC(C)C2)CC1. The van der Waals surface area contributed by atoms with Crippen molar-refractivity contribution in [1.82, 2.24) is 0 Å². The average Bonchev–Trinajstić information content (AvgIpc) is 2.19. The molecule has 2 saturated carbocycles. The molecule has 14 heavy (non-hydrogen) atoms. The summed E-state index contributed by atoms with van der Waals surface area (Å²) in [4.78, 5) is 0. The predicted molar refractivity (Wildman–Crippen MR) is 62.2 cm³/mol. The lowest BCUT2D eigenvalue weighted by atomic mass is 9.69. The van der Waals surface area contributed by atoms with Gasteiger partial charge in [0.2, 0.25) is 0 Å². The highest BCUT2D eigenvalue weighted by Gasteiger charge is 2.28. The molecule has 0 N–H and O–H groups in total. The Hall–Kier alpha value is 0. The molecule has 0 aromatic rings. The zero-order valence-corrected chi connectivity index (χ0v) is 9.97. The first-order valence-electron chi connectivity index (χ1n) is 6.75. The van der Waals surface area contributed by atoms with E-state index < -0.39 is 0 Å². The normalized spacial score (nSPS) is 45.0. The fraction of sp³-hybridized carbons (Fsp3) is 1.00. The molecule has 0 nitrogen and oxygen atoms in total. The summed E-state index contributed by atoms with van der Waals surface area (Å²) in [6, 6.07) is 0. The first kappa shape index (κ1) is 10.5. The fourth-order valence-corrected chi connectivity index (χ4v) is 3.67. The molecule has 0 aromatic heterocycles. The van der Waals surface area contributed by atoms with E-state index in [-0.39, 0.29) is 0 Å². The monoisotopic (exact) mass is 194 g/mol. The summed E-state index contributed by atoms with van der Waals surface area (Å²) in [6.45, 7) is 4.89. The smallest absolute Gasteiger partial charge is 0.0383 e. The second kappa shape index (κ2) is 4.68. The van der Waals surface area contributed by atoms with Gasteiger partial charge in [0.15, 0.2) is 0 Å². The van der Waals surface area contributed by atoms with Crippen molar-refractivity contribution in [3.63, 3.8) is 0 Å². The molecule has 0 radical (unpaired) electrons. The summed E-state index contributed by atoms with van der Waals surface area (Å²) < 4.78 is 0. The molecule has 2 unspecified atom stereocenters. The molecule has 2 aliphatic carbocycles. The van der Waals surface area contributed by atoms with Crippen molar-refractivity contribution in [3.8, 4) is 0 Å². The van der Waals surface area contributed by atoms with Gasteiger partial charge in [0, 0.05) is 0 Å². The number of hydrogen-bond acceptors (Lipinski definition) is 0. The Balaban J connectivity index is 1.82. The van der Waals surface area contributed by atoms with Gasteiger partial charge in [-0.2, -0.15) is 0 Å². The highest BCUT2D eigenvalue weighted by Crippen LogP contribution is 2.41. The second-order valence-electron chi connectivity index (χ2n) is 6.05. The maximum absolute atomic E-state index is 2.46. The van der Waals surface area contributed by atoms with Crippen molar-refractivity contribution >= 4 is 0 Å². The van der Waals surface area contributed by atoms with Crippen LogP contribution < -0.4 is 0 Å². The van der Waals surface area contributed by atoms with E-state index in [9.17, 15) is 0 Å². The molecule has 0 bridgehead atoms. The maximum atomic E-state index is 2.46. The number of hydrogen-bond donors (Lipinski definition) is 0. The standard InChI is InChI=1S/C14H26/c1-11-6-8-13(9-7-11)14-5-3-4-12(2)10-14/h11-14H,3-10H2,1-2H3. The molecule has 82 valence electrons. The molecule has 2 atom stereocenters. The lowest BCUT2D eigenvalue weighted by molar-refractivity contribution is 0.149. The Morgan fingerprint density at radius 3 is 2.00 bits per heavy atom. The van der Waals surface area contributed by atoms with Gasteiger partial charge in [0.05, 0.1) is 0 Å². The Morgan fingerprint density at radius 2 is 1.36 bits per heavy atom. The summed E-state index contributed by atoms with van der Waals surface area (Å²) in [6.07, 6.45) is 12.2. The summed E-state index contributed by atoms with van der Waals surface area (Å²) in [5.74, 6) is 4.25. The predicted octanol–water partition coefficient (Wildman–Crippen LogP) is 4.64. The van der Waals surface area contributed by atoms with Crippen LogP contribution in [0.4, 0.5) is 0 Å². The Labute approximate surface area is 89.5 Å². The first-order valence-corrected chi connectivity index (χ1v) is 6.75. The molecule has 2 rings (SSSR count). The van der Waals surface area contributed by atoms with E-state index in [4.69, 9.17) is 0 Å². The highest BCUT2D eigenvalue weighted by molar-refractivity contribution is 4.80. The van der Waals surface area contributed by atoms with Crippen molar-refractivity contribution < 1.29 is 0 Å². The van der Waals surface area contributed by atoms with Crippen LogP contribution >= 0.6 is 0 Å². The van der Waals surface area contributed by atoms with Gasteiger partial charge in [-0.25, -0.2) is 0 Å². The van der Waals surface area contributed by atoms with Crippen LogP contribution in [0.15, 0.2) is 0 Å². The molecule has 0 saturated heterocycles. The summed E-state index contributed by atoms with van der Waals surface area (Å²) in [5, 5.41) is 0. The van der Waals surface area contributed by atoms with Crippen molar-refractivity contribution in [1.29, 1.82) is 0 Å². The van der Waals surface area contributed by atoms with E-state index in [0.717, 1.165) is 23.7 Å². The van der Waals surface area contributed by atoms with Crippen LogP contribution in [0.2, 0.25) is 0 Å². The summed E-state index contributed by atoms with van der Waals surface area (Å²) in [7, 11) is 0. The summed E-state index contributed by atoms with van der Waals surface area (Å²) >= 11 is 0. The van der Waals surface area contributed by atoms with Crippen LogP contribution in [0, 0.1) is 23.7 Å². The van der Waals surface area contributed by atoms with Gasteiger partial charge < -0.3 is 0 Å². The minimum absolute atomic E-state index is 1.02. The molecule has 0 amide bonds. The van der Waals surface area contributed by atoms with Crippen molar-refractivity contribution in [2.24, 2.45) is 23.7 Å². The minimum atomic E-state index is 1.02. The first-order chi connectivity index (χ1) is 6.75. The van der Waals surface area contributed by atoms with Gasteiger partial charge in [0.25, 0.3) is 0 Å². The molecular formula is C14H26. The molecule has 0 spiro atoms. The van der Waals surface area contributed by atoms with Gasteiger partial charge in [-0.1, -0.05) is 46.0 Å². The third kappa shape index (κ3) is 2.52. The maximum Gasteiger partial charge on any atom is -0.0383 e. The lowest BCUT2D eigenvalue weighted by Crippen LogP contribution is -2.25. The average molecular weight is 194 g/mol. The van der Waals surface area contributed by atoms with E-state index >= 15 is 0 Å². The van der Waals surface area contributed by atoms with Crippen LogP contribution in [-0.4, -0.2) is 0 Å². The van der Waals surface area contributed by atoms with Crippen LogP contribution in [0.3, 0.4) is 0 Å². The number of rotatable bonds is 1. The van der Waals surface area contributed by atoms with E-state index in [2.05, 4.69) is 13.8 Å². The molecule has 0 heteroatoms. The molecule has 2 fully saturated rings. The molecule has 0 heterocycles.